The molecule has 0 spiro atoms. The summed E-state index contributed by atoms with van der Waals surface area (Å²) in [6, 6.07) is 16.1. The van der Waals surface area contributed by atoms with E-state index in [1.54, 1.807) is 14.2 Å². The molecular formula is C22H28N2O3. The lowest BCUT2D eigenvalue weighted by Gasteiger charge is -2.32. The standard InChI is InChI=1S/C22H28N2O3/c1-26-20-8-6-17(7-9-20)15-22(25)23-19-10-12-24(13-11-19)16-18-4-3-5-21(14-18)27-2/h3-9,14,19H,10-13,15-16H2,1-2H3,(H,23,25). The van der Waals surface area contributed by atoms with Crippen LogP contribution in [0.1, 0.15) is 24.0 Å². The van der Waals surface area contributed by atoms with Crippen molar-refractivity contribution in [1.82, 2.24) is 10.2 Å². The molecule has 0 bridgehead atoms. The Kier molecular flexibility index (Phi) is 6.71. The van der Waals surface area contributed by atoms with Gasteiger partial charge in [-0.1, -0.05) is 24.3 Å². The maximum Gasteiger partial charge on any atom is 0.224 e. The predicted molar refractivity (Wildman–Crippen MR) is 106 cm³/mol. The number of ether oxygens (including phenoxy) is 2. The molecule has 2 aromatic carbocycles. The van der Waals surface area contributed by atoms with Gasteiger partial charge in [0.25, 0.3) is 0 Å². The van der Waals surface area contributed by atoms with Crippen molar-refractivity contribution in [3.05, 3.63) is 59.7 Å². The lowest BCUT2D eigenvalue weighted by molar-refractivity contribution is -0.121. The molecule has 0 radical (unpaired) electrons. The fourth-order valence-electron chi connectivity index (χ4n) is 3.47. The molecule has 1 aliphatic heterocycles. The van der Waals surface area contributed by atoms with Crippen LogP contribution in [0.3, 0.4) is 0 Å². The Labute approximate surface area is 161 Å². The maximum atomic E-state index is 12.3. The summed E-state index contributed by atoms with van der Waals surface area (Å²) in [6.07, 6.45) is 2.38. The van der Waals surface area contributed by atoms with Crippen LogP contribution in [-0.2, 0) is 17.8 Å². The second kappa shape index (κ2) is 9.42. The van der Waals surface area contributed by atoms with E-state index in [1.165, 1.54) is 5.56 Å². The summed E-state index contributed by atoms with van der Waals surface area (Å²) in [5.74, 6) is 1.79. The van der Waals surface area contributed by atoms with Crippen molar-refractivity contribution in [3.8, 4) is 11.5 Å². The normalized spacial score (nSPS) is 15.3. The van der Waals surface area contributed by atoms with Crippen LogP contribution in [-0.4, -0.2) is 44.2 Å². The number of hydrogen-bond donors (Lipinski definition) is 1. The molecule has 5 nitrogen and oxygen atoms in total. The van der Waals surface area contributed by atoms with Crippen LogP contribution in [0.2, 0.25) is 0 Å². The number of benzene rings is 2. The highest BCUT2D eigenvalue weighted by molar-refractivity contribution is 5.78. The lowest BCUT2D eigenvalue weighted by atomic mass is 10.0. The minimum atomic E-state index is 0.0893. The molecular weight excluding hydrogens is 340 g/mol. The van der Waals surface area contributed by atoms with Gasteiger partial charge in [0.2, 0.25) is 5.91 Å². The zero-order valence-electron chi connectivity index (χ0n) is 16.1. The fraction of sp³-hybridized carbons (Fsp3) is 0.409. The first-order chi connectivity index (χ1) is 13.2. The molecule has 27 heavy (non-hydrogen) atoms. The lowest BCUT2D eigenvalue weighted by Crippen LogP contribution is -2.44. The van der Waals surface area contributed by atoms with E-state index in [0.717, 1.165) is 49.5 Å². The third kappa shape index (κ3) is 5.73. The summed E-state index contributed by atoms with van der Waals surface area (Å²) in [5.41, 5.74) is 2.26. The van der Waals surface area contributed by atoms with Crippen LogP contribution in [0, 0.1) is 0 Å². The van der Waals surface area contributed by atoms with E-state index < -0.39 is 0 Å². The topological polar surface area (TPSA) is 50.8 Å². The molecule has 1 fully saturated rings. The Bertz CT molecular complexity index is 737. The molecule has 1 N–H and O–H groups in total. The first-order valence-corrected chi connectivity index (χ1v) is 9.44. The summed E-state index contributed by atoms with van der Waals surface area (Å²) in [6.45, 7) is 2.90. The number of carbonyl (C=O) groups excluding carboxylic acids is 1. The van der Waals surface area contributed by atoms with E-state index in [4.69, 9.17) is 9.47 Å². The molecule has 1 saturated heterocycles. The first kappa shape index (κ1) is 19.2. The van der Waals surface area contributed by atoms with E-state index in [2.05, 4.69) is 22.3 Å². The van der Waals surface area contributed by atoms with Gasteiger partial charge in [0.15, 0.2) is 0 Å². The predicted octanol–water partition coefficient (Wildman–Crippen LogP) is 3.03. The highest BCUT2D eigenvalue weighted by Crippen LogP contribution is 2.18. The van der Waals surface area contributed by atoms with Crippen LogP contribution in [0.15, 0.2) is 48.5 Å². The molecule has 1 aliphatic rings. The summed E-state index contributed by atoms with van der Waals surface area (Å²) < 4.78 is 10.4. The highest BCUT2D eigenvalue weighted by Gasteiger charge is 2.20. The third-order valence-electron chi connectivity index (χ3n) is 5.02. The number of nitrogens with one attached hydrogen (secondary N) is 1. The van der Waals surface area contributed by atoms with Gasteiger partial charge in [-0.05, 0) is 48.2 Å². The fourth-order valence-corrected chi connectivity index (χ4v) is 3.47. The van der Waals surface area contributed by atoms with E-state index in [-0.39, 0.29) is 11.9 Å². The quantitative estimate of drug-likeness (QED) is 0.816. The zero-order chi connectivity index (χ0) is 19.1. The molecule has 1 amide bonds. The molecule has 1 heterocycles. The van der Waals surface area contributed by atoms with Gasteiger partial charge in [-0.3, -0.25) is 9.69 Å². The number of nitrogens with zero attached hydrogens (tertiary/aromatic N) is 1. The van der Waals surface area contributed by atoms with Crippen LogP contribution < -0.4 is 14.8 Å². The largest absolute Gasteiger partial charge is 0.497 e. The van der Waals surface area contributed by atoms with Crippen molar-refractivity contribution in [3.63, 3.8) is 0 Å². The van der Waals surface area contributed by atoms with Gasteiger partial charge < -0.3 is 14.8 Å². The third-order valence-corrected chi connectivity index (χ3v) is 5.02. The molecule has 5 heteroatoms. The summed E-state index contributed by atoms with van der Waals surface area (Å²) in [7, 11) is 3.33. The van der Waals surface area contributed by atoms with Gasteiger partial charge in [-0.15, -0.1) is 0 Å². The second-order valence-corrected chi connectivity index (χ2v) is 6.99. The Morgan fingerprint density at radius 2 is 1.70 bits per heavy atom. The molecule has 2 aromatic rings. The number of rotatable bonds is 7. The maximum absolute atomic E-state index is 12.3. The van der Waals surface area contributed by atoms with Crippen LogP contribution in [0.4, 0.5) is 0 Å². The monoisotopic (exact) mass is 368 g/mol. The number of likely N-dealkylation sites (tertiary alicyclic amines) is 1. The van der Waals surface area contributed by atoms with Crippen molar-refractivity contribution in [2.75, 3.05) is 27.3 Å². The van der Waals surface area contributed by atoms with Crippen LogP contribution in [0.25, 0.3) is 0 Å². The smallest absolute Gasteiger partial charge is 0.224 e. The second-order valence-electron chi connectivity index (χ2n) is 6.99. The van der Waals surface area contributed by atoms with Gasteiger partial charge in [0, 0.05) is 25.7 Å². The van der Waals surface area contributed by atoms with E-state index in [9.17, 15) is 4.79 Å². The average molecular weight is 368 g/mol. The Morgan fingerprint density at radius 1 is 1.00 bits per heavy atom. The molecule has 0 atom stereocenters. The minimum absolute atomic E-state index is 0.0893. The number of amides is 1. The van der Waals surface area contributed by atoms with Gasteiger partial charge in [-0.2, -0.15) is 0 Å². The van der Waals surface area contributed by atoms with Gasteiger partial charge in [-0.25, -0.2) is 0 Å². The Balaban J connectivity index is 1.42. The molecule has 3 rings (SSSR count). The molecule has 0 aliphatic carbocycles. The van der Waals surface area contributed by atoms with Crippen LogP contribution >= 0.6 is 0 Å². The average Bonchev–Trinajstić information content (AvgIpc) is 2.70. The van der Waals surface area contributed by atoms with E-state index in [1.807, 2.05) is 36.4 Å². The zero-order valence-corrected chi connectivity index (χ0v) is 16.1. The summed E-state index contributed by atoms with van der Waals surface area (Å²) in [5, 5.41) is 3.18. The SMILES string of the molecule is COc1ccc(CC(=O)NC2CCN(Cc3cccc(OC)c3)CC2)cc1. The van der Waals surface area contributed by atoms with Gasteiger partial charge >= 0.3 is 0 Å². The van der Waals surface area contributed by atoms with Crippen molar-refractivity contribution in [2.45, 2.75) is 31.8 Å². The molecule has 0 saturated carbocycles. The molecule has 144 valence electrons. The van der Waals surface area contributed by atoms with Crippen molar-refractivity contribution in [1.29, 1.82) is 0 Å². The summed E-state index contributed by atoms with van der Waals surface area (Å²) >= 11 is 0. The van der Waals surface area contributed by atoms with Crippen molar-refractivity contribution < 1.29 is 14.3 Å². The van der Waals surface area contributed by atoms with Crippen molar-refractivity contribution >= 4 is 5.91 Å². The highest BCUT2D eigenvalue weighted by atomic mass is 16.5. The Hall–Kier alpha value is -2.53. The van der Waals surface area contributed by atoms with Crippen LogP contribution in [0.5, 0.6) is 11.5 Å². The Morgan fingerprint density at radius 3 is 2.37 bits per heavy atom. The number of hydrogen-bond acceptors (Lipinski definition) is 4. The van der Waals surface area contributed by atoms with Gasteiger partial charge in [0.05, 0.1) is 20.6 Å². The first-order valence-electron chi connectivity index (χ1n) is 9.44. The summed E-state index contributed by atoms with van der Waals surface area (Å²) in [4.78, 5) is 14.7. The molecule has 0 aromatic heterocycles. The minimum Gasteiger partial charge on any atom is -0.497 e. The number of carbonyl (C=O) groups is 1. The van der Waals surface area contributed by atoms with Crippen molar-refractivity contribution in [2.24, 2.45) is 0 Å². The molecule has 0 unspecified atom stereocenters. The van der Waals surface area contributed by atoms with Gasteiger partial charge in [0.1, 0.15) is 11.5 Å². The number of piperidine rings is 1. The van der Waals surface area contributed by atoms with E-state index >= 15 is 0 Å². The van der Waals surface area contributed by atoms with E-state index in [0.29, 0.717) is 6.42 Å². The number of methoxy groups -OCH3 is 2.